The first-order valence-corrected chi connectivity index (χ1v) is 18.1. The van der Waals surface area contributed by atoms with E-state index in [9.17, 15) is 28.1 Å². The number of nitrogens with zero attached hydrogens (tertiary/aromatic N) is 2. The average molecular weight is 709 g/mol. The van der Waals surface area contributed by atoms with Gasteiger partial charge in [-0.15, -0.1) is 0 Å². The molecule has 13 nitrogen and oxygen atoms in total. The molecule has 5 rings (SSSR count). The van der Waals surface area contributed by atoms with Crippen molar-refractivity contribution in [2.24, 2.45) is 5.92 Å². The van der Waals surface area contributed by atoms with Crippen LogP contribution >= 0.6 is 0 Å². The fourth-order valence-electron chi connectivity index (χ4n) is 6.74. The second kappa shape index (κ2) is 15.2. The molecule has 1 saturated heterocycles. The molecular formula is C36H44N4O9S. The Morgan fingerprint density at radius 1 is 0.980 bits per heavy atom. The highest BCUT2D eigenvalue weighted by atomic mass is 32.2. The number of hydrogen-bond donors (Lipinski definition) is 2. The Labute approximate surface area is 292 Å². The lowest BCUT2D eigenvalue weighted by atomic mass is 9.69. The first-order chi connectivity index (χ1) is 23.7. The highest BCUT2D eigenvalue weighted by Crippen LogP contribution is 2.50. The summed E-state index contributed by atoms with van der Waals surface area (Å²) in [6.45, 7) is 5.83. The molecular weight excluding hydrogens is 664 g/mol. The number of sulfonamides is 1. The van der Waals surface area contributed by atoms with Crippen molar-refractivity contribution in [3.63, 3.8) is 0 Å². The zero-order chi connectivity index (χ0) is 36.1. The SMILES string of the molecule is COCCCCC1(CNC(=O)C2CC(NS(=O)(=O)c3ccccc3[N+](=O)[O-])CN(C(=O)OC(C)(C)C)C2)c2ccccc2Oc2ccccc21. The summed E-state index contributed by atoms with van der Waals surface area (Å²) in [6.07, 6.45) is 1.64. The maximum absolute atomic E-state index is 14.2. The molecule has 50 heavy (non-hydrogen) atoms. The quantitative estimate of drug-likeness (QED) is 0.140. The van der Waals surface area contributed by atoms with Gasteiger partial charge in [0, 0.05) is 62.0 Å². The normalized spacial score (nSPS) is 18.3. The van der Waals surface area contributed by atoms with Crippen LogP contribution in [0.25, 0.3) is 0 Å². The van der Waals surface area contributed by atoms with E-state index in [-0.39, 0.29) is 32.0 Å². The third kappa shape index (κ3) is 8.25. The van der Waals surface area contributed by atoms with Crippen molar-refractivity contribution in [1.82, 2.24) is 14.9 Å². The molecule has 0 spiro atoms. The number of hydrogen-bond acceptors (Lipinski definition) is 9. The van der Waals surface area contributed by atoms with Crippen LogP contribution in [0.15, 0.2) is 77.7 Å². The van der Waals surface area contributed by atoms with Crippen molar-refractivity contribution in [2.75, 3.05) is 33.4 Å². The van der Waals surface area contributed by atoms with Crippen LogP contribution in [-0.2, 0) is 29.7 Å². The zero-order valence-corrected chi connectivity index (χ0v) is 29.5. The fourth-order valence-corrected chi connectivity index (χ4v) is 8.15. The molecule has 0 aliphatic carbocycles. The molecule has 2 aliphatic rings. The number of amides is 2. The third-order valence-electron chi connectivity index (χ3n) is 8.94. The summed E-state index contributed by atoms with van der Waals surface area (Å²) in [6, 6.07) is 19.6. The van der Waals surface area contributed by atoms with E-state index in [0.29, 0.717) is 24.5 Å². The number of benzene rings is 3. The minimum atomic E-state index is -4.42. The Balaban J connectivity index is 1.44. The van der Waals surface area contributed by atoms with Gasteiger partial charge in [-0.25, -0.2) is 17.9 Å². The van der Waals surface area contributed by atoms with E-state index < -0.39 is 54.6 Å². The second-order valence-electron chi connectivity index (χ2n) is 13.7. The van der Waals surface area contributed by atoms with Crippen molar-refractivity contribution < 1.29 is 37.1 Å². The maximum Gasteiger partial charge on any atom is 0.410 e. The third-order valence-corrected chi connectivity index (χ3v) is 10.5. The number of ether oxygens (including phenoxy) is 3. The Kier molecular flexibility index (Phi) is 11.1. The summed E-state index contributed by atoms with van der Waals surface area (Å²) in [7, 11) is -2.76. The van der Waals surface area contributed by atoms with Crippen LogP contribution in [0.2, 0.25) is 0 Å². The average Bonchev–Trinajstić information content (AvgIpc) is 3.08. The molecule has 0 saturated carbocycles. The van der Waals surface area contributed by atoms with Crippen LogP contribution in [0.4, 0.5) is 10.5 Å². The number of carbonyl (C=O) groups excluding carboxylic acids is 2. The van der Waals surface area contributed by atoms with Crippen LogP contribution in [0, 0.1) is 16.0 Å². The number of likely N-dealkylation sites (tertiary alicyclic amines) is 1. The van der Waals surface area contributed by atoms with E-state index in [4.69, 9.17) is 14.2 Å². The number of rotatable bonds is 12. The number of unbranched alkanes of at least 4 members (excludes halogenated alkanes) is 1. The molecule has 268 valence electrons. The first-order valence-electron chi connectivity index (χ1n) is 16.6. The van der Waals surface area contributed by atoms with Crippen molar-refractivity contribution >= 4 is 27.7 Å². The van der Waals surface area contributed by atoms with Gasteiger partial charge >= 0.3 is 6.09 Å². The molecule has 2 unspecified atom stereocenters. The fraction of sp³-hybridized carbons (Fsp3) is 0.444. The van der Waals surface area contributed by atoms with Gasteiger partial charge in [-0.3, -0.25) is 14.9 Å². The van der Waals surface area contributed by atoms with Gasteiger partial charge in [-0.05, 0) is 64.7 Å². The van der Waals surface area contributed by atoms with Crippen molar-refractivity contribution in [3.05, 3.63) is 94.0 Å². The molecule has 14 heteroatoms. The molecule has 0 radical (unpaired) electrons. The lowest BCUT2D eigenvalue weighted by Gasteiger charge is -2.42. The summed E-state index contributed by atoms with van der Waals surface area (Å²) >= 11 is 0. The minimum absolute atomic E-state index is 0.0123. The molecule has 2 N–H and O–H groups in total. The van der Waals surface area contributed by atoms with Crippen LogP contribution in [-0.4, -0.2) is 75.2 Å². The first kappa shape index (κ1) is 36.7. The predicted molar refractivity (Wildman–Crippen MR) is 186 cm³/mol. The molecule has 3 aromatic rings. The number of para-hydroxylation sites is 3. The Morgan fingerprint density at radius 3 is 2.22 bits per heavy atom. The monoisotopic (exact) mass is 708 g/mol. The van der Waals surface area contributed by atoms with Crippen molar-refractivity contribution in [1.29, 1.82) is 0 Å². The van der Waals surface area contributed by atoms with Crippen molar-refractivity contribution in [2.45, 2.75) is 68.4 Å². The number of methoxy groups -OCH3 is 1. The summed E-state index contributed by atoms with van der Waals surface area (Å²) in [5.74, 6) is 0.201. The van der Waals surface area contributed by atoms with Gasteiger partial charge in [0.25, 0.3) is 5.69 Å². The smallest absolute Gasteiger partial charge is 0.410 e. The molecule has 1 fully saturated rings. The highest BCUT2D eigenvalue weighted by Gasteiger charge is 2.44. The Bertz CT molecular complexity index is 1780. The van der Waals surface area contributed by atoms with Gasteiger partial charge in [-0.1, -0.05) is 48.5 Å². The molecule has 3 aromatic carbocycles. The summed E-state index contributed by atoms with van der Waals surface area (Å²) in [4.78, 5) is 39.1. The van der Waals surface area contributed by atoms with E-state index in [2.05, 4.69) is 10.0 Å². The maximum atomic E-state index is 14.2. The van der Waals surface area contributed by atoms with Crippen LogP contribution in [0.5, 0.6) is 11.5 Å². The van der Waals surface area contributed by atoms with E-state index in [1.54, 1.807) is 27.9 Å². The van der Waals surface area contributed by atoms with Crippen LogP contribution < -0.4 is 14.8 Å². The number of nitrogens with one attached hydrogen (secondary N) is 2. The number of nitro benzene ring substituents is 1. The standard InChI is InChI=1S/C36H44N4O9S/c1-35(2,3)49-34(42)39-22-25(21-26(23-39)38-50(45,46)32-18-10-7-15-29(32)40(43)44)33(41)37-24-36(19-11-12-20-47-4)27-13-5-8-16-30(27)48-31-17-9-6-14-28(31)36/h5-10,13-18,25-26,38H,11-12,19-24H2,1-4H3,(H,37,41). The van der Waals surface area contributed by atoms with Gasteiger partial charge in [0.15, 0.2) is 4.90 Å². The zero-order valence-electron chi connectivity index (χ0n) is 28.7. The van der Waals surface area contributed by atoms with E-state index >= 15 is 0 Å². The van der Waals surface area contributed by atoms with E-state index in [1.165, 1.54) is 17.0 Å². The highest BCUT2D eigenvalue weighted by molar-refractivity contribution is 7.89. The van der Waals surface area contributed by atoms with Crippen LogP contribution in [0.3, 0.4) is 0 Å². The number of fused-ring (bicyclic) bond motifs is 2. The number of nitro groups is 1. The van der Waals surface area contributed by atoms with E-state index in [0.717, 1.165) is 36.1 Å². The molecule has 2 atom stereocenters. The number of piperidine rings is 1. The Morgan fingerprint density at radius 2 is 1.60 bits per heavy atom. The molecule has 2 heterocycles. The van der Waals surface area contributed by atoms with Gasteiger partial charge in [0.2, 0.25) is 15.9 Å². The molecule has 2 aliphatic heterocycles. The van der Waals surface area contributed by atoms with Crippen molar-refractivity contribution in [3.8, 4) is 11.5 Å². The molecule has 0 aromatic heterocycles. The number of carbonyl (C=O) groups is 2. The summed E-state index contributed by atoms with van der Waals surface area (Å²) in [5, 5.41) is 14.8. The second-order valence-corrected chi connectivity index (χ2v) is 15.4. The summed E-state index contributed by atoms with van der Waals surface area (Å²) < 4.78 is 46.7. The largest absolute Gasteiger partial charge is 0.457 e. The van der Waals surface area contributed by atoms with Gasteiger partial charge in [0.05, 0.1) is 10.8 Å². The Hall–Kier alpha value is -4.53. The molecule has 2 amide bonds. The minimum Gasteiger partial charge on any atom is -0.457 e. The van der Waals surface area contributed by atoms with Gasteiger partial charge < -0.3 is 24.4 Å². The van der Waals surface area contributed by atoms with Crippen LogP contribution in [0.1, 0.15) is 57.6 Å². The van der Waals surface area contributed by atoms with Gasteiger partial charge in [-0.2, -0.15) is 0 Å². The predicted octanol–water partition coefficient (Wildman–Crippen LogP) is 5.52. The van der Waals surface area contributed by atoms with E-state index in [1.807, 2.05) is 48.5 Å². The summed E-state index contributed by atoms with van der Waals surface area (Å²) in [5.41, 5.74) is -0.204. The van der Waals surface area contributed by atoms with Gasteiger partial charge in [0.1, 0.15) is 17.1 Å². The lowest BCUT2D eigenvalue weighted by Crippen LogP contribution is -2.56. The lowest BCUT2D eigenvalue weighted by molar-refractivity contribution is -0.387. The molecule has 0 bridgehead atoms. The topological polar surface area (TPSA) is 166 Å².